The van der Waals surface area contributed by atoms with Gasteiger partial charge in [-0.25, -0.2) is 14.0 Å². The second-order valence-corrected chi connectivity index (χ2v) is 17.0. The van der Waals surface area contributed by atoms with Gasteiger partial charge in [0.15, 0.2) is 5.82 Å². The third kappa shape index (κ3) is 7.44. The normalized spacial score (nSPS) is 22.4. The van der Waals surface area contributed by atoms with Crippen molar-refractivity contribution in [1.29, 1.82) is 0 Å². The Kier molecular flexibility index (Phi) is 10.2. The summed E-state index contributed by atoms with van der Waals surface area (Å²) in [5.74, 6) is 0.0113. The molecular weight excluding hydrogens is 744 g/mol. The third-order valence-electron chi connectivity index (χ3n) is 12.8. The number of carbonyl (C=O) groups excluding carboxylic acids is 3. The van der Waals surface area contributed by atoms with Crippen LogP contribution in [0, 0.1) is 5.82 Å². The number of nitrogens with one attached hydrogen (secondary N) is 2. The summed E-state index contributed by atoms with van der Waals surface area (Å²) in [6, 6.07) is 9.34. The Balaban J connectivity index is 1.15. The fraction of sp³-hybridized carbons (Fsp3) is 0.535. The van der Waals surface area contributed by atoms with E-state index in [1.54, 1.807) is 23.2 Å². The number of likely N-dealkylation sites (tertiary alicyclic amines) is 1. The number of amides is 3. The van der Waals surface area contributed by atoms with Crippen LogP contribution in [0.25, 0.3) is 32.9 Å². The summed E-state index contributed by atoms with van der Waals surface area (Å²) in [7, 11) is 0. The lowest BCUT2D eigenvalue weighted by molar-refractivity contribution is -0.119. The van der Waals surface area contributed by atoms with E-state index in [4.69, 9.17) is 29.2 Å². The molecular formula is C43H51FN8O6. The van der Waals surface area contributed by atoms with Gasteiger partial charge in [-0.2, -0.15) is 9.97 Å². The largest absolute Gasteiger partial charge is 0.461 e. The van der Waals surface area contributed by atoms with E-state index in [9.17, 15) is 14.4 Å². The van der Waals surface area contributed by atoms with Gasteiger partial charge in [-0.15, -0.1) is 0 Å². The Morgan fingerprint density at radius 2 is 1.83 bits per heavy atom. The van der Waals surface area contributed by atoms with Crippen LogP contribution in [-0.4, -0.2) is 112 Å². The van der Waals surface area contributed by atoms with Crippen molar-refractivity contribution >= 4 is 45.6 Å². The maximum absolute atomic E-state index is 17.6. The van der Waals surface area contributed by atoms with Crippen LogP contribution in [0.3, 0.4) is 0 Å². The predicted octanol–water partition coefficient (Wildman–Crippen LogP) is 6.12. The van der Waals surface area contributed by atoms with Crippen molar-refractivity contribution < 1.29 is 33.0 Å². The van der Waals surface area contributed by atoms with E-state index in [-0.39, 0.29) is 47.1 Å². The molecule has 1 unspecified atom stereocenters. The van der Waals surface area contributed by atoms with Crippen molar-refractivity contribution in [2.75, 3.05) is 57.4 Å². The number of alkyl carbamates (subject to hydrolysis) is 1. The number of aryl methyl sites for hydroxylation is 1. The van der Waals surface area contributed by atoms with E-state index in [2.05, 4.69) is 20.4 Å². The molecule has 2 aromatic heterocycles. The number of halogens is 1. The highest BCUT2D eigenvalue weighted by molar-refractivity contribution is 6.02. The molecule has 8 heterocycles. The molecule has 1 atom stereocenters. The number of hydrogen-bond acceptors (Lipinski definition) is 11. The van der Waals surface area contributed by atoms with E-state index in [0.717, 1.165) is 68.0 Å². The van der Waals surface area contributed by atoms with Crippen LogP contribution in [0.5, 0.6) is 11.8 Å². The number of benzene rings is 2. The fourth-order valence-electron chi connectivity index (χ4n) is 10.00. The molecule has 0 radical (unpaired) electrons. The number of fused-ring (bicyclic) bond motifs is 7. The van der Waals surface area contributed by atoms with Gasteiger partial charge in [-0.3, -0.25) is 14.7 Å². The van der Waals surface area contributed by atoms with Gasteiger partial charge in [0.1, 0.15) is 29.4 Å². The maximum Gasteiger partial charge on any atom is 0.415 e. The van der Waals surface area contributed by atoms with Gasteiger partial charge >= 0.3 is 18.2 Å². The summed E-state index contributed by atoms with van der Waals surface area (Å²) in [4.78, 5) is 59.0. The minimum Gasteiger partial charge on any atom is -0.461 e. The smallest absolute Gasteiger partial charge is 0.415 e. The van der Waals surface area contributed by atoms with Gasteiger partial charge in [0.25, 0.3) is 0 Å². The average Bonchev–Trinajstić information content (AvgIpc) is 3.79. The average molecular weight is 795 g/mol. The number of pyridine rings is 1. The second-order valence-electron chi connectivity index (χ2n) is 17.0. The van der Waals surface area contributed by atoms with Crippen molar-refractivity contribution in [3.63, 3.8) is 0 Å². The lowest BCUT2D eigenvalue weighted by Crippen LogP contribution is -2.57. The highest BCUT2D eigenvalue weighted by Gasteiger charge is 2.45. The fourth-order valence-corrected chi connectivity index (χ4v) is 10.00. The molecule has 2 N–H and O–H groups in total. The van der Waals surface area contributed by atoms with Crippen LogP contribution in [0.1, 0.15) is 77.2 Å². The quantitative estimate of drug-likeness (QED) is 0.241. The number of rotatable bonds is 5. The maximum atomic E-state index is 17.6. The summed E-state index contributed by atoms with van der Waals surface area (Å²) < 4.78 is 35.8. The van der Waals surface area contributed by atoms with Gasteiger partial charge in [0.05, 0.1) is 23.1 Å². The molecule has 58 heavy (non-hydrogen) atoms. The summed E-state index contributed by atoms with van der Waals surface area (Å²) in [5.41, 5.74) is 0.788. The number of anilines is 1. The van der Waals surface area contributed by atoms with Gasteiger partial charge in [0, 0.05) is 50.9 Å². The van der Waals surface area contributed by atoms with Crippen molar-refractivity contribution in [3.8, 4) is 23.0 Å². The molecule has 6 bridgehead atoms. The SMILES string of the molecule is CC(=O)NC1CCN(C(=O)Oc2cc3c4c(cccc4c2)CCCOC(=O)NC2(C)CCCN(C2)c2nc(OCC45CCCN4CCC5)nc4c(F)c-3ncc24)CC1. The standard InChI is InChI=1S/C43H51FN8O6/c1-27(53)46-30-11-19-50(20-12-30)41(55)58-31-22-29-9-3-8-28-10-4-21-56-40(54)49-42(2)13-5-16-51(25-42)38-33-24-45-36(32(23-31)34(28)29)35(44)37(33)47-39(48-38)57-26-43-14-6-17-52(43)18-7-15-43/h3,8-9,22-24,30H,4-7,10-21,25-26H2,1-2H3,(H,46,53)(H,49,54). The Hall–Kier alpha value is -5.31. The third-order valence-corrected chi connectivity index (χ3v) is 12.8. The first kappa shape index (κ1) is 38.2. The van der Waals surface area contributed by atoms with Crippen LogP contribution in [0.2, 0.25) is 0 Å². The lowest BCUT2D eigenvalue weighted by atomic mass is 9.91. The lowest BCUT2D eigenvalue weighted by Gasteiger charge is -2.41. The van der Waals surface area contributed by atoms with E-state index in [0.29, 0.717) is 75.2 Å². The number of carbonyl (C=O) groups is 3. The first-order valence-electron chi connectivity index (χ1n) is 20.8. The summed E-state index contributed by atoms with van der Waals surface area (Å²) in [6.45, 7) is 8.07. The van der Waals surface area contributed by atoms with Gasteiger partial charge in [0.2, 0.25) is 5.91 Å². The van der Waals surface area contributed by atoms with Crippen LogP contribution < -0.4 is 25.0 Å². The summed E-state index contributed by atoms with van der Waals surface area (Å²) in [5, 5.41) is 7.96. The molecule has 0 saturated carbocycles. The van der Waals surface area contributed by atoms with Crippen LogP contribution in [0.4, 0.5) is 19.8 Å². The van der Waals surface area contributed by atoms with Crippen molar-refractivity contribution in [3.05, 3.63) is 47.9 Å². The molecule has 15 heteroatoms. The Labute approximate surface area is 336 Å². The van der Waals surface area contributed by atoms with E-state index < -0.39 is 23.5 Å². The summed E-state index contributed by atoms with van der Waals surface area (Å²) in [6.07, 6.45) is 8.70. The Morgan fingerprint density at radius 1 is 1.03 bits per heavy atom. The molecule has 0 spiro atoms. The molecule has 2 aromatic carbocycles. The van der Waals surface area contributed by atoms with Crippen LogP contribution in [0.15, 0.2) is 36.5 Å². The molecule has 0 aliphatic carbocycles. The Morgan fingerprint density at radius 3 is 2.62 bits per heavy atom. The topological polar surface area (TPSA) is 151 Å². The summed E-state index contributed by atoms with van der Waals surface area (Å²) >= 11 is 0. The van der Waals surface area contributed by atoms with Crippen LogP contribution >= 0.6 is 0 Å². The first-order valence-corrected chi connectivity index (χ1v) is 20.8. The van der Waals surface area contributed by atoms with Crippen molar-refractivity contribution in [1.82, 2.24) is 35.4 Å². The Bertz CT molecular complexity index is 2260. The van der Waals surface area contributed by atoms with Gasteiger partial charge < -0.3 is 34.6 Å². The zero-order chi connectivity index (χ0) is 40.0. The minimum absolute atomic E-state index is 0.00171. The zero-order valence-electron chi connectivity index (χ0n) is 33.3. The molecule has 14 nitrogen and oxygen atoms in total. The van der Waals surface area contributed by atoms with E-state index in [1.807, 2.05) is 25.1 Å². The number of aromatic nitrogens is 3. The number of hydrogen-bond donors (Lipinski definition) is 2. The van der Waals surface area contributed by atoms with Crippen molar-refractivity contribution in [2.24, 2.45) is 0 Å². The molecule has 4 aromatic rings. The highest BCUT2D eigenvalue weighted by Crippen LogP contribution is 2.42. The molecule has 6 aliphatic heterocycles. The molecule has 4 fully saturated rings. The molecule has 3 amide bonds. The number of piperidine rings is 2. The predicted molar refractivity (Wildman–Crippen MR) is 216 cm³/mol. The second kappa shape index (κ2) is 15.5. The molecule has 6 aliphatic rings. The van der Waals surface area contributed by atoms with Gasteiger partial charge in [-0.1, -0.05) is 18.2 Å². The number of ether oxygens (including phenoxy) is 3. The monoisotopic (exact) mass is 794 g/mol. The highest BCUT2D eigenvalue weighted by atomic mass is 19.1. The van der Waals surface area contributed by atoms with Crippen molar-refractivity contribution in [2.45, 2.75) is 95.2 Å². The molecule has 306 valence electrons. The van der Waals surface area contributed by atoms with Crippen LogP contribution in [-0.2, 0) is 16.0 Å². The molecule has 4 saturated heterocycles. The zero-order valence-corrected chi connectivity index (χ0v) is 33.3. The number of nitrogens with zero attached hydrogens (tertiary/aromatic N) is 6. The van der Waals surface area contributed by atoms with E-state index >= 15 is 4.39 Å². The first-order chi connectivity index (χ1) is 28.1. The minimum atomic E-state index is -0.632. The van der Waals surface area contributed by atoms with E-state index in [1.165, 1.54) is 6.92 Å². The molecule has 10 rings (SSSR count). The van der Waals surface area contributed by atoms with Gasteiger partial charge in [-0.05, 0) is 113 Å².